The van der Waals surface area contributed by atoms with Crippen molar-refractivity contribution in [2.45, 2.75) is 20.3 Å². The van der Waals surface area contributed by atoms with Gasteiger partial charge in [-0.2, -0.15) is 0 Å². The molecule has 80 valence electrons. The van der Waals surface area contributed by atoms with Gasteiger partial charge in [0.1, 0.15) is 0 Å². The molecule has 0 bridgehead atoms. The van der Waals surface area contributed by atoms with E-state index in [1.807, 2.05) is 13.0 Å². The highest BCUT2D eigenvalue weighted by Gasteiger charge is 2.15. The van der Waals surface area contributed by atoms with E-state index in [4.69, 9.17) is 0 Å². The first-order valence-corrected chi connectivity index (χ1v) is 6.39. The van der Waals surface area contributed by atoms with Gasteiger partial charge in [0.05, 0.1) is 5.75 Å². The fraction of sp³-hybridized carbons (Fsp3) is 0.600. The van der Waals surface area contributed by atoms with Crippen LogP contribution in [0.4, 0.5) is 0 Å². The van der Waals surface area contributed by atoms with E-state index < -0.39 is 10.0 Å². The van der Waals surface area contributed by atoms with Crippen molar-refractivity contribution in [3.63, 3.8) is 0 Å². The number of nitrogens with one attached hydrogen (secondary N) is 1. The summed E-state index contributed by atoms with van der Waals surface area (Å²) < 4.78 is 25.0. The van der Waals surface area contributed by atoms with E-state index in [2.05, 4.69) is 17.7 Å². The average Bonchev–Trinajstić information content (AvgIpc) is 2.11. The third-order valence-corrected chi connectivity index (χ3v) is 3.76. The van der Waals surface area contributed by atoms with Crippen molar-refractivity contribution in [1.82, 2.24) is 4.72 Å². The normalized spacial score (nSPS) is 22.9. The number of hydrogen-bond donors (Lipinski definition) is 1. The maximum atomic E-state index is 11.3. The number of allylic oxidation sites excluding steroid dienone is 3. The lowest BCUT2D eigenvalue weighted by Gasteiger charge is -2.16. The van der Waals surface area contributed by atoms with Gasteiger partial charge < -0.3 is 0 Å². The number of hydrogen-bond acceptors (Lipinski definition) is 2. The Bertz CT molecular complexity index is 366. The summed E-state index contributed by atoms with van der Waals surface area (Å²) in [5, 5.41) is 0. The van der Waals surface area contributed by atoms with Crippen LogP contribution in [0.3, 0.4) is 0 Å². The van der Waals surface area contributed by atoms with E-state index in [9.17, 15) is 8.42 Å². The zero-order valence-corrected chi connectivity index (χ0v) is 9.69. The van der Waals surface area contributed by atoms with Crippen molar-refractivity contribution in [3.8, 4) is 0 Å². The van der Waals surface area contributed by atoms with Gasteiger partial charge in [-0.25, -0.2) is 13.1 Å². The molecule has 0 aromatic carbocycles. The van der Waals surface area contributed by atoms with Crippen LogP contribution in [0, 0.1) is 5.92 Å². The summed E-state index contributed by atoms with van der Waals surface area (Å²) in [4.78, 5) is 0. The lowest BCUT2D eigenvalue weighted by Crippen LogP contribution is -2.24. The van der Waals surface area contributed by atoms with Crippen molar-refractivity contribution in [2.24, 2.45) is 5.92 Å². The van der Waals surface area contributed by atoms with Crippen LogP contribution in [-0.2, 0) is 10.0 Å². The lowest BCUT2D eigenvalue weighted by molar-refractivity contribution is 0.590. The maximum absolute atomic E-state index is 11.3. The van der Waals surface area contributed by atoms with Gasteiger partial charge >= 0.3 is 0 Å². The lowest BCUT2D eigenvalue weighted by atomic mass is 9.93. The zero-order chi connectivity index (χ0) is 10.8. The van der Waals surface area contributed by atoms with Gasteiger partial charge in [-0.05, 0) is 31.9 Å². The molecule has 0 radical (unpaired) electrons. The first-order chi connectivity index (χ1) is 6.44. The SMILES string of the molecule is CNS(=O)(=O)CC1=CC(C)CC=C1C. The number of rotatable bonds is 3. The first kappa shape index (κ1) is 11.5. The van der Waals surface area contributed by atoms with Gasteiger partial charge in [0.2, 0.25) is 10.0 Å². The van der Waals surface area contributed by atoms with Crippen molar-refractivity contribution in [1.29, 1.82) is 0 Å². The predicted octanol–water partition coefficient (Wildman–Crippen LogP) is 1.45. The van der Waals surface area contributed by atoms with E-state index >= 15 is 0 Å². The highest BCUT2D eigenvalue weighted by molar-refractivity contribution is 7.89. The quantitative estimate of drug-likeness (QED) is 0.774. The van der Waals surface area contributed by atoms with Crippen LogP contribution < -0.4 is 4.72 Å². The van der Waals surface area contributed by atoms with Gasteiger partial charge in [0, 0.05) is 0 Å². The molecule has 0 amide bonds. The molecule has 0 spiro atoms. The van der Waals surface area contributed by atoms with Crippen molar-refractivity contribution in [2.75, 3.05) is 12.8 Å². The van der Waals surface area contributed by atoms with E-state index in [-0.39, 0.29) is 5.75 Å². The zero-order valence-electron chi connectivity index (χ0n) is 8.87. The van der Waals surface area contributed by atoms with Gasteiger partial charge in [0.15, 0.2) is 0 Å². The second kappa shape index (κ2) is 4.28. The minimum absolute atomic E-state index is 0.0934. The van der Waals surface area contributed by atoms with Gasteiger partial charge in [-0.3, -0.25) is 0 Å². The summed E-state index contributed by atoms with van der Waals surface area (Å²) in [6, 6.07) is 0. The Kier molecular flexibility index (Phi) is 3.50. The summed E-state index contributed by atoms with van der Waals surface area (Å²) in [6.45, 7) is 4.05. The summed E-state index contributed by atoms with van der Waals surface area (Å²) in [6.07, 6.45) is 5.16. The molecule has 14 heavy (non-hydrogen) atoms. The molecule has 0 fully saturated rings. The molecular weight excluding hydrogens is 198 g/mol. The summed E-state index contributed by atoms with van der Waals surface area (Å²) in [5.41, 5.74) is 2.01. The molecule has 1 rings (SSSR count). The topological polar surface area (TPSA) is 46.2 Å². The van der Waals surface area contributed by atoms with Crippen LogP contribution in [0.5, 0.6) is 0 Å². The predicted molar refractivity (Wildman–Crippen MR) is 58.5 cm³/mol. The largest absolute Gasteiger partial charge is 0.218 e. The fourth-order valence-electron chi connectivity index (χ4n) is 1.48. The summed E-state index contributed by atoms with van der Waals surface area (Å²) >= 11 is 0. The molecule has 0 aromatic heterocycles. The molecule has 3 nitrogen and oxygen atoms in total. The van der Waals surface area contributed by atoms with Crippen LogP contribution >= 0.6 is 0 Å². The Hall–Kier alpha value is -0.610. The molecule has 1 unspecified atom stereocenters. The van der Waals surface area contributed by atoms with Crippen molar-refractivity contribution >= 4 is 10.0 Å². The van der Waals surface area contributed by atoms with Crippen molar-refractivity contribution < 1.29 is 8.42 Å². The van der Waals surface area contributed by atoms with Crippen LogP contribution in [0.25, 0.3) is 0 Å². The fourth-order valence-corrected chi connectivity index (χ4v) is 2.35. The molecule has 0 saturated carbocycles. The highest BCUT2D eigenvalue weighted by atomic mass is 32.2. The molecule has 0 heterocycles. The molecule has 1 aliphatic rings. The molecule has 0 aromatic rings. The summed E-state index contributed by atoms with van der Waals surface area (Å²) in [7, 11) is -1.69. The molecule has 0 aliphatic heterocycles. The van der Waals surface area contributed by atoms with E-state index in [0.29, 0.717) is 5.92 Å². The van der Waals surface area contributed by atoms with Crippen LogP contribution in [0.2, 0.25) is 0 Å². The minimum atomic E-state index is -3.13. The Morgan fingerprint density at radius 2 is 2.21 bits per heavy atom. The second-order valence-corrected chi connectivity index (χ2v) is 5.68. The Morgan fingerprint density at radius 1 is 1.57 bits per heavy atom. The van der Waals surface area contributed by atoms with Gasteiger partial charge in [-0.1, -0.05) is 24.6 Å². The third kappa shape index (κ3) is 2.96. The van der Waals surface area contributed by atoms with Crippen LogP contribution in [0.1, 0.15) is 20.3 Å². The van der Waals surface area contributed by atoms with Gasteiger partial charge in [0.25, 0.3) is 0 Å². The Labute approximate surface area is 85.9 Å². The smallest absolute Gasteiger partial charge is 0.215 e. The average molecular weight is 215 g/mol. The molecule has 1 N–H and O–H groups in total. The Balaban J connectivity index is 2.83. The highest BCUT2D eigenvalue weighted by Crippen LogP contribution is 2.23. The summed E-state index contributed by atoms with van der Waals surface area (Å²) in [5.74, 6) is 0.539. The van der Waals surface area contributed by atoms with E-state index in [0.717, 1.165) is 17.6 Å². The molecular formula is C10H17NO2S. The molecule has 1 atom stereocenters. The minimum Gasteiger partial charge on any atom is -0.218 e. The monoisotopic (exact) mass is 215 g/mol. The standard InChI is InChI=1S/C10H17NO2S/c1-8-4-5-9(2)10(6-8)7-14(12,13)11-3/h5-6,8,11H,4,7H2,1-3H3. The van der Waals surface area contributed by atoms with Crippen LogP contribution in [-0.4, -0.2) is 21.2 Å². The maximum Gasteiger partial charge on any atom is 0.215 e. The van der Waals surface area contributed by atoms with Crippen molar-refractivity contribution in [3.05, 3.63) is 23.3 Å². The van der Waals surface area contributed by atoms with Crippen LogP contribution in [0.15, 0.2) is 23.3 Å². The first-order valence-electron chi connectivity index (χ1n) is 4.73. The van der Waals surface area contributed by atoms with Gasteiger partial charge in [-0.15, -0.1) is 0 Å². The van der Waals surface area contributed by atoms with E-state index in [1.165, 1.54) is 7.05 Å². The Morgan fingerprint density at radius 3 is 2.79 bits per heavy atom. The number of sulfonamides is 1. The second-order valence-electron chi connectivity index (χ2n) is 3.76. The molecule has 0 saturated heterocycles. The molecule has 1 aliphatic carbocycles. The van der Waals surface area contributed by atoms with E-state index in [1.54, 1.807) is 0 Å². The third-order valence-electron chi connectivity index (χ3n) is 2.44. The molecule has 4 heteroatoms.